The average Bonchev–Trinajstić information content (AvgIpc) is 2.61. The summed E-state index contributed by atoms with van der Waals surface area (Å²) in [6.45, 7) is 3.96. The third kappa shape index (κ3) is 3.13. The van der Waals surface area contributed by atoms with Crippen molar-refractivity contribution < 1.29 is 19.8 Å². The Morgan fingerprint density at radius 1 is 1.55 bits per heavy atom. The Balaban J connectivity index is 0.000000452. The van der Waals surface area contributed by atoms with Crippen molar-refractivity contribution in [3.63, 3.8) is 0 Å². The van der Waals surface area contributed by atoms with E-state index in [2.05, 4.69) is 5.32 Å². The molecule has 6 nitrogen and oxygen atoms in total. The van der Waals surface area contributed by atoms with Gasteiger partial charge in [0, 0.05) is 12.4 Å². The second-order valence-corrected chi connectivity index (χ2v) is 7.11. The Kier molecular flexibility index (Phi) is 5.36. The summed E-state index contributed by atoms with van der Waals surface area (Å²) in [6.07, 6.45) is 0.469. The number of hydrogen-bond donors (Lipinski definition) is 3. The number of thioether (sulfide) groups is 2. The molecule has 0 saturated carbocycles. The molecule has 20 heavy (non-hydrogen) atoms. The van der Waals surface area contributed by atoms with E-state index in [1.165, 1.54) is 16.7 Å². The van der Waals surface area contributed by atoms with E-state index < -0.39 is 5.97 Å². The molecule has 2 saturated heterocycles. The first-order chi connectivity index (χ1) is 9.58. The minimum Gasteiger partial charge on any atom is -0.477 e. The van der Waals surface area contributed by atoms with Crippen molar-refractivity contribution in [3.8, 4) is 0 Å². The number of carboxylic acid groups (broad SMARTS) is 1. The Labute approximate surface area is 126 Å². The van der Waals surface area contributed by atoms with Gasteiger partial charge in [0.15, 0.2) is 5.70 Å². The molecule has 8 heteroatoms. The fourth-order valence-corrected chi connectivity index (χ4v) is 4.83. The fourth-order valence-electron chi connectivity index (χ4n) is 1.98. The number of fused-ring (bicyclic) bond motifs is 1. The minimum absolute atomic E-state index is 0.0376. The van der Waals surface area contributed by atoms with Gasteiger partial charge in [0.2, 0.25) is 5.91 Å². The van der Waals surface area contributed by atoms with E-state index in [0.29, 0.717) is 12.3 Å². The molecule has 0 aromatic rings. The van der Waals surface area contributed by atoms with Crippen molar-refractivity contribution in [1.29, 1.82) is 0 Å². The lowest BCUT2D eigenvalue weighted by atomic mass is 10.1. The highest BCUT2D eigenvalue weighted by Crippen LogP contribution is 2.50. The fraction of sp³-hybridized carbons (Fsp3) is 0.667. The molecule has 3 rings (SSSR count). The zero-order valence-electron chi connectivity index (χ0n) is 11.2. The third-order valence-corrected chi connectivity index (χ3v) is 5.89. The van der Waals surface area contributed by atoms with Crippen molar-refractivity contribution in [3.05, 3.63) is 9.93 Å². The number of rotatable bonds is 4. The highest BCUT2D eigenvalue weighted by Gasteiger charge is 2.48. The van der Waals surface area contributed by atoms with Gasteiger partial charge in [-0.3, -0.25) is 9.69 Å². The number of aliphatic hydroxyl groups is 1. The minimum atomic E-state index is -0.984. The molecule has 112 valence electrons. The number of amides is 1. The molecule has 1 atom stereocenters. The van der Waals surface area contributed by atoms with E-state index in [1.54, 1.807) is 18.7 Å². The third-order valence-electron chi connectivity index (χ3n) is 3.10. The number of aliphatic hydroxyl groups excluding tert-OH is 1. The summed E-state index contributed by atoms with van der Waals surface area (Å²) in [6, 6.07) is 0. The summed E-state index contributed by atoms with van der Waals surface area (Å²) in [7, 11) is 0. The van der Waals surface area contributed by atoms with Crippen LogP contribution in [-0.4, -0.2) is 57.8 Å². The van der Waals surface area contributed by atoms with Crippen LogP contribution in [0.3, 0.4) is 0 Å². The molecule has 0 aliphatic carbocycles. The predicted octanol–water partition coefficient (Wildman–Crippen LogP) is 0.496. The van der Waals surface area contributed by atoms with Crippen LogP contribution < -0.4 is 5.32 Å². The monoisotopic (exact) mass is 318 g/mol. The van der Waals surface area contributed by atoms with Gasteiger partial charge in [-0.05, 0) is 25.9 Å². The molecule has 2 fully saturated rings. The largest absolute Gasteiger partial charge is 0.477 e. The van der Waals surface area contributed by atoms with E-state index in [0.717, 1.165) is 23.1 Å². The number of hydrogen-bond acceptors (Lipinski definition) is 6. The van der Waals surface area contributed by atoms with Gasteiger partial charge < -0.3 is 15.5 Å². The van der Waals surface area contributed by atoms with Crippen LogP contribution in [0.15, 0.2) is 9.93 Å². The maximum atomic E-state index is 11.4. The van der Waals surface area contributed by atoms with Crippen molar-refractivity contribution in [1.82, 2.24) is 10.2 Å². The summed E-state index contributed by atoms with van der Waals surface area (Å²) in [4.78, 5) is 24.0. The Bertz CT molecular complexity index is 437. The SMILES string of the molecule is CCO.O=C(O)C1=C(SCC2CNC2)SC2CC(=O)N12. The van der Waals surface area contributed by atoms with Crippen molar-refractivity contribution in [2.45, 2.75) is 18.7 Å². The van der Waals surface area contributed by atoms with Gasteiger partial charge in [-0.15, -0.1) is 11.8 Å². The Morgan fingerprint density at radius 3 is 2.65 bits per heavy atom. The summed E-state index contributed by atoms with van der Waals surface area (Å²) >= 11 is 3.11. The first-order valence-corrected chi connectivity index (χ1v) is 8.35. The number of aliphatic carboxylic acids is 1. The summed E-state index contributed by atoms with van der Waals surface area (Å²) in [5.74, 6) is 0.510. The molecular formula is C12H18N2O4S2. The molecule has 1 unspecified atom stereocenters. The second kappa shape index (κ2) is 6.84. The van der Waals surface area contributed by atoms with Crippen LogP contribution in [-0.2, 0) is 9.59 Å². The van der Waals surface area contributed by atoms with Crippen LogP contribution in [0, 0.1) is 5.92 Å². The molecule has 3 N–H and O–H groups in total. The molecule has 0 aromatic heterocycles. The molecule has 0 radical (unpaired) electrons. The standard InChI is InChI=1S/C10H12N2O3S2.C2H6O/c13-6-1-7-12(6)8(9(14)15)10(17-7)16-4-5-2-11-3-5;1-2-3/h5,7,11H,1-4H2,(H,14,15);3H,2H2,1H3. The average molecular weight is 318 g/mol. The summed E-state index contributed by atoms with van der Waals surface area (Å²) in [5, 5.41) is 20.0. The Hall–Kier alpha value is -0.700. The highest BCUT2D eigenvalue weighted by atomic mass is 32.2. The lowest BCUT2D eigenvalue weighted by molar-refractivity contribution is -0.145. The van der Waals surface area contributed by atoms with Crippen molar-refractivity contribution >= 4 is 35.4 Å². The summed E-state index contributed by atoms with van der Waals surface area (Å²) < 4.78 is 0.806. The molecule has 0 bridgehead atoms. The lowest BCUT2D eigenvalue weighted by Gasteiger charge is -2.33. The van der Waals surface area contributed by atoms with Crippen LogP contribution in [0.4, 0.5) is 0 Å². The zero-order chi connectivity index (χ0) is 14.7. The second-order valence-electron chi connectivity index (χ2n) is 4.63. The van der Waals surface area contributed by atoms with Crippen molar-refractivity contribution in [2.24, 2.45) is 5.92 Å². The van der Waals surface area contributed by atoms with E-state index in [1.807, 2.05) is 0 Å². The quantitative estimate of drug-likeness (QED) is 0.650. The topological polar surface area (TPSA) is 89.9 Å². The van der Waals surface area contributed by atoms with Crippen molar-refractivity contribution in [2.75, 3.05) is 25.4 Å². The van der Waals surface area contributed by atoms with Gasteiger partial charge in [-0.1, -0.05) is 11.8 Å². The maximum absolute atomic E-state index is 11.4. The first-order valence-electron chi connectivity index (χ1n) is 6.49. The van der Waals surface area contributed by atoms with E-state index in [-0.39, 0.29) is 23.6 Å². The molecule has 1 amide bonds. The van der Waals surface area contributed by atoms with E-state index in [4.69, 9.17) is 10.2 Å². The van der Waals surface area contributed by atoms with Crippen LogP contribution in [0.5, 0.6) is 0 Å². The predicted molar refractivity (Wildman–Crippen MR) is 79.1 cm³/mol. The van der Waals surface area contributed by atoms with Gasteiger partial charge in [-0.2, -0.15) is 0 Å². The molecule has 3 aliphatic heterocycles. The molecule has 0 aromatic carbocycles. The molecular weight excluding hydrogens is 300 g/mol. The van der Waals surface area contributed by atoms with Crippen LogP contribution in [0.25, 0.3) is 0 Å². The Morgan fingerprint density at radius 2 is 2.20 bits per heavy atom. The van der Waals surface area contributed by atoms with Crippen LogP contribution in [0.1, 0.15) is 13.3 Å². The molecule has 0 spiro atoms. The van der Waals surface area contributed by atoms with Gasteiger partial charge in [-0.25, -0.2) is 4.79 Å². The number of β-lactam (4-membered cyclic amide) rings is 1. The van der Waals surface area contributed by atoms with Gasteiger partial charge in [0.25, 0.3) is 0 Å². The smallest absolute Gasteiger partial charge is 0.354 e. The zero-order valence-corrected chi connectivity index (χ0v) is 12.8. The first kappa shape index (κ1) is 15.7. The number of carboxylic acids is 1. The molecule has 3 heterocycles. The summed E-state index contributed by atoms with van der Waals surface area (Å²) in [5.41, 5.74) is 0.202. The van der Waals surface area contributed by atoms with Gasteiger partial charge >= 0.3 is 5.97 Å². The molecule has 3 aliphatic rings. The number of nitrogens with one attached hydrogen (secondary N) is 1. The van der Waals surface area contributed by atoms with Gasteiger partial charge in [0.05, 0.1) is 16.0 Å². The number of carbonyl (C=O) groups is 2. The number of nitrogens with zero attached hydrogens (tertiary/aromatic N) is 1. The highest BCUT2D eigenvalue weighted by molar-refractivity contribution is 8.22. The van der Waals surface area contributed by atoms with E-state index >= 15 is 0 Å². The van der Waals surface area contributed by atoms with Gasteiger partial charge in [0.1, 0.15) is 0 Å². The maximum Gasteiger partial charge on any atom is 0.354 e. The van der Waals surface area contributed by atoms with Crippen LogP contribution in [0.2, 0.25) is 0 Å². The van der Waals surface area contributed by atoms with E-state index in [9.17, 15) is 9.59 Å². The normalized spacial score (nSPS) is 24.6. The lowest BCUT2D eigenvalue weighted by Crippen LogP contribution is -2.48. The number of carbonyl (C=O) groups excluding carboxylic acids is 1. The van der Waals surface area contributed by atoms with Crippen LogP contribution >= 0.6 is 23.5 Å².